The fourth-order valence-corrected chi connectivity index (χ4v) is 0.803. The summed E-state index contributed by atoms with van der Waals surface area (Å²) in [4.78, 5) is 11.4. The Labute approximate surface area is 77.4 Å². The number of anilines is 1. The van der Waals surface area contributed by atoms with Crippen LogP contribution in [0.1, 0.15) is 20.3 Å². The Morgan fingerprint density at radius 2 is 2.46 bits per heavy atom. The number of hydrogen-bond acceptors (Lipinski definition) is 3. The van der Waals surface area contributed by atoms with Gasteiger partial charge in [0.15, 0.2) is 5.82 Å². The second kappa shape index (κ2) is 4.54. The maximum atomic E-state index is 11.4. The van der Waals surface area contributed by atoms with Crippen LogP contribution in [0.3, 0.4) is 0 Å². The zero-order valence-electron chi connectivity index (χ0n) is 7.82. The SMILES string of the molecule is CCC(C)C(=O)Nc1cccnn1. The molecule has 1 atom stereocenters. The molecule has 1 unspecified atom stereocenters. The Balaban J connectivity index is 2.55. The molecule has 1 amide bonds. The van der Waals surface area contributed by atoms with Crippen molar-refractivity contribution >= 4 is 11.7 Å². The van der Waals surface area contributed by atoms with Gasteiger partial charge < -0.3 is 5.32 Å². The quantitative estimate of drug-likeness (QED) is 0.764. The van der Waals surface area contributed by atoms with E-state index in [1.807, 2.05) is 13.8 Å². The van der Waals surface area contributed by atoms with Gasteiger partial charge in [-0.15, -0.1) is 5.10 Å². The minimum absolute atomic E-state index is 0.0111. The van der Waals surface area contributed by atoms with E-state index in [0.29, 0.717) is 5.82 Å². The Kier molecular flexibility index (Phi) is 3.37. The van der Waals surface area contributed by atoms with Crippen molar-refractivity contribution in [3.8, 4) is 0 Å². The number of carbonyl (C=O) groups is 1. The molecule has 0 fully saturated rings. The number of rotatable bonds is 3. The highest BCUT2D eigenvalue weighted by Gasteiger charge is 2.10. The number of nitrogens with one attached hydrogen (secondary N) is 1. The minimum atomic E-state index is -0.0111. The van der Waals surface area contributed by atoms with Gasteiger partial charge in [0.25, 0.3) is 0 Å². The maximum absolute atomic E-state index is 11.4. The van der Waals surface area contributed by atoms with Gasteiger partial charge in [-0.05, 0) is 18.6 Å². The summed E-state index contributed by atoms with van der Waals surface area (Å²) in [7, 11) is 0. The molecule has 0 aliphatic rings. The molecule has 1 N–H and O–H groups in total. The third kappa shape index (κ3) is 2.82. The molecule has 13 heavy (non-hydrogen) atoms. The molecule has 70 valence electrons. The van der Waals surface area contributed by atoms with E-state index in [0.717, 1.165) is 6.42 Å². The number of aromatic nitrogens is 2. The molecule has 1 aromatic heterocycles. The molecule has 0 aromatic carbocycles. The number of amides is 1. The first-order valence-corrected chi connectivity index (χ1v) is 4.32. The molecular formula is C9H13N3O. The van der Waals surface area contributed by atoms with E-state index in [1.165, 1.54) is 0 Å². The average molecular weight is 179 g/mol. The summed E-state index contributed by atoms with van der Waals surface area (Å²) in [5.41, 5.74) is 0. The second-order valence-corrected chi connectivity index (χ2v) is 2.91. The fraction of sp³-hybridized carbons (Fsp3) is 0.444. The topological polar surface area (TPSA) is 54.9 Å². The Morgan fingerprint density at radius 1 is 1.69 bits per heavy atom. The predicted molar refractivity (Wildman–Crippen MR) is 50.1 cm³/mol. The normalized spacial score (nSPS) is 12.2. The van der Waals surface area contributed by atoms with E-state index in [1.54, 1.807) is 18.3 Å². The zero-order valence-corrected chi connectivity index (χ0v) is 7.82. The molecule has 1 rings (SSSR count). The smallest absolute Gasteiger partial charge is 0.228 e. The lowest BCUT2D eigenvalue weighted by atomic mass is 10.1. The lowest BCUT2D eigenvalue weighted by Crippen LogP contribution is -2.20. The number of carbonyl (C=O) groups excluding carboxylic acids is 1. The van der Waals surface area contributed by atoms with Crippen LogP contribution in [0.2, 0.25) is 0 Å². The van der Waals surface area contributed by atoms with Crippen molar-refractivity contribution in [1.82, 2.24) is 10.2 Å². The first kappa shape index (κ1) is 9.64. The molecule has 4 nitrogen and oxygen atoms in total. The lowest BCUT2D eigenvalue weighted by molar-refractivity contribution is -0.119. The summed E-state index contributed by atoms with van der Waals surface area (Å²) in [6, 6.07) is 3.45. The Hall–Kier alpha value is -1.45. The molecule has 0 spiro atoms. The molecule has 0 aliphatic carbocycles. The molecular weight excluding hydrogens is 166 g/mol. The highest BCUT2D eigenvalue weighted by atomic mass is 16.1. The van der Waals surface area contributed by atoms with Crippen molar-refractivity contribution in [2.45, 2.75) is 20.3 Å². The number of hydrogen-bond donors (Lipinski definition) is 1. The van der Waals surface area contributed by atoms with Crippen molar-refractivity contribution in [2.75, 3.05) is 5.32 Å². The highest BCUT2D eigenvalue weighted by Crippen LogP contribution is 2.05. The third-order valence-corrected chi connectivity index (χ3v) is 1.88. The van der Waals surface area contributed by atoms with E-state index in [4.69, 9.17) is 0 Å². The van der Waals surface area contributed by atoms with Gasteiger partial charge in [0.05, 0.1) is 0 Å². The minimum Gasteiger partial charge on any atom is -0.309 e. The van der Waals surface area contributed by atoms with Crippen LogP contribution in [0, 0.1) is 5.92 Å². The van der Waals surface area contributed by atoms with Crippen LogP contribution in [-0.2, 0) is 4.79 Å². The predicted octanol–water partition coefficient (Wildman–Crippen LogP) is 1.46. The van der Waals surface area contributed by atoms with Crippen LogP contribution < -0.4 is 5.32 Å². The van der Waals surface area contributed by atoms with Crippen LogP contribution in [0.25, 0.3) is 0 Å². The Morgan fingerprint density at radius 3 is 3.00 bits per heavy atom. The van der Waals surface area contributed by atoms with Crippen LogP contribution in [-0.4, -0.2) is 16.1 Å². The summed E-state index contributed by atoms with van der Waals surface area (Å²) in [5, 5.41) is 10.1. The monoisotopic (exact) mass is 179 g/mol. The van der Waals surface area contributed by atoms with Gasteiger partial charge in [-0.25, -0.2) is 0 Å². The molecule has 1 heterocycles. The second-order valence-electron chi connectivity index (χ2n) is 2.91. The molecule has 0 saturated carbocycles. The zero-order chi connectivity index (χ0) is 9.68. The van der Waals surface area contributed by atoms with Crippen LogP contribution >= 0.6 is 0 Å². The standard InChI is InChI=1S/C9H13N3O/c1-3-7(2)9(13)11-8-5-4-6-10-12-8/h4-7H,3H2,1-2H3,(H,11,12,13). The van der Waals surface area contributed by atoms with Gasteiger partial charge in [0.2, 0.25) is 5.91 Å². The summed E-state index contributed by atoms with van der Waals surface area (Å²) >= 11 is 0. The van der Waals surface area contributed by atoms with Crippen molar-refractivity contribution in [2.24, 2.45) is 5.92 Å². The molecule has 4 heteroatoms. The maximum Gasteiger partial charge on any atom is 0.228 e. The third-order valence-electron chi connectivity index (χ3n) is 1.88. The number of nitrogens with zero attached hydrogens (tertiary/aromatic N) is 2. The summed E-state index contributed by atoms with van der Waals surface area (Å²) in [5.74, 6) is 0.512. The fourth-order valence-electron chi connectivity index (χ4n) is 0.803. The molecule has 1 aromatic rings. The van der Waals surface area contributed by atoms with Gasteiger partial charge in [0.1, 0.15) is 0 Å². The van der Waals surface area contributed by atoms with Crippen molar-refractivity contribution in [3.05, 3.63) is 18.3 Å². The summed E-state index contributed by atoms with van der Waals surface area (Å²) in [6.45, 7) is 3.85. The largest absolute Gasteiger partial charge is 0.309 e. The molecule has 0 saturated heterocycles. The lowest BCUT2D eigenvalue weighted by Gasteiger charge is -2.07. The first-order valence-electron chi connectivity index (χ1n) is 4.32. The van der Waals surface area contributed by atoms with Crippen molar-refractivity contribution in [3.63, 3.8) is 0 Å². The van der Waals surface area contributed by atoms with Crippen LogP contribution in [0.4, 0.5) is 5.82 Å². The van der Waals surface area contributed by atoms with Crippen LogP contribution in [0.5, 0.6) is 0 Å². The van der Waals surface area contributed by atoms with Crippen molar-refractivity contribution < 1.29 is 4.79 Å². The van der Waals surface area contributed by atoms with E-state index in [9.17, 15) is 4.79 Å². The van der Waals surface area contributed by atoms with Gasteiger partial charge in [-0.1, -0.05) is 13.8 Å². The first-order chi connectivity index (χ1) is 6.24. The Bertz CT molecular complexity index is 273. The summed E-state index contributed by atoms with van der Waals surface area (Å²) < 4.78 is 0. The van der Waals surface area contributed by atoms with E-state index < -0.39 is 0 Å². The van der Waals surface area contributed by atoms with Gasteiger partial charge >= 0.3 is 0 Å². The summed E-state index contributed by atoms with van der Waals surface area (Å²) in [6.07, 6.45) is 2.39. The molecule has 0 bridgehead atoms. The van der Waals surface area contributed by atoms with Gasteiger partial charge in [0, 0.05) is 12.1 Å². The van der Waals surface area contributed by atoms with Gasteiger partial charge in [-0.3, -0.25) is 4.79 Å². The average Bonchev–Trinajstić information content (AvgIpc) is 2.18. The van der Waals surface area contributed by atoms with E-state index in [2.05, 4.69) is 15.5 Å². The van der Waals surface area contributed by atoms with Gasteiger partial charge in [-0.2, -0.15) is 5.10 Å². The van der Waals surface area contributed by atoms with Crippen LogP contribution in [0.15, 0.2) is 18.3 Å². The molecule has 0 radical (unpaired) electrons. The van der Waals surface area contributed by atoms with E-state index >= 15 is 0 Å². The molecule has 0 aliphatic heterocycles. The highest BCUT2D eigenvalue weighted by molar-refractivity contribution is 5.91. The van der Waals surface area contributed by atoms with Crippen molar-refractivity contribution in [1.29, 1.82) is 0 Å². The van der Waals surface area contributed by atoms with E-state index in [-0.39, 0.29) is 11.8 Å².